The number of rotatable bonds is 1. The second kappa shape index (κ2) is 7.45. The first-order chi connectivity index (χ1) is 7.80. The molecule has 0 saturated carbocycles. The summed E-state index contributed by atoms with van der Waals surface area (Å²) in [7, 11) is -1.34. The van der Waals surface area contributed by atoms with Crippen LogP contribution < -0.4 is 5.46 Å². The summed E-state index contributed by atoms with van der Waals surface area (Å²) in [5.74, 6) is 0. The molecule has 1 aliphatic rings. The molecule has 5 heteroatoms. The molecule has 2 rings (SSSR count). The third kappa shape index (κ3) is 5.14. The number of nitrogens with zero attached hydrogens (tertiary/aromatic N) is 1. The number of hydrogen-bond acceptors (Lipinski definition) is 4. The molecule has 1 aromatic carbocycles. The quantitative estimate of drug-likeness (QED) is 0.671. The molecule has 82 valence electrons. The lowest BCUT2D eigenvalue weighted by molar-refractivity contribution is 0.271. The van der Waals surface area contributed by atoms with E-state index in [0.29, 0.717) is 5.46 Å². The van der Waals surface area contributed by atoms with E-state index in [-0.39, 0.29) is 0 Å². The molecule has 16 heavy (non-hydrogen) atoms. The zero-order valence-electron chi connectivity index (χ0n) is 8.60. The lowest BCUT2D eigenvalue weighted by Crippen LogP contribution is -2.29. The van der Waals surface area contributed by atoms with Crippen LogP contribution in [0.5, 0.6) is 0 Å². The van der Waals surface area contributed by atoms with E-state index in [4.69, 9.17) is 10.0 Å². The Hall–Kier alpha value is -1.85. The topological polar surface area (TPSA) is 62.0 Å². The summed E-state index contributed by atoms with van der Waals surface area (Å²) in [5.41, 5.74) is 0.525. The van der Waals surface area contributed by atoms with Gasteiger partial charge in [-0.25, -0.2) is 0 Å². The van der Waals surface area contributed by atoms with Crippen LogP contribution in [0.3, 0.4) is 0 Å². The molecule has 0 bridgehead atoms. The van der Waals surface area contributed by atoms with Crippen LogP contribution in [-0.2, 0) is 4.84 Å². The fourth-order valence-electron chi connectivity index (χ4n) is 0.925. The summed E-state index contributed by atoms with van der Waals surface area (Å²) in [4.78, 5) is 4.52. The highest BCUT2D eigenvalue weighted by molar-refractivity contribution is 6.58. The molecule has 2 N–H and O–H groups in total. The summed E-state index contributed by atoms with van der Waals surface area (Å²) in [6.45, 7) is 0. The molecule has 1 aromatic rings. The van der Waals surface area contributed by atoms with E-state index in [1.54, 1.807) is 42.6 Å². The Morgan fingerprint density at radius 2 is 1.75 bits per heavy atom. The van der Waals surface area contributed by atoms with Crippen LogP contribution in [0.25, 0.3) is 0 Å². The molecule has 4 nitrogen and oxygen atoms in total. The minimum absolute atomic E-state index is 0.525. The van der Waals surface area contributed by atoms with Crippen LogP contribution in [-0.4, -0.2) is 23.4 Å². The molecule has 0 aliphatic carbocycles. The summed E-state index contributed by atoms with van der Waals surface area (Å²) < 4.78 is 0. The van der Waals surface area contributed by atoms with Crippen molar-refractivity contribution >= 4 is 18.8 Å². The smallest absolute Gasteiger partial charge is 0.423 e. The van der Waals surface area contributed by atoms with Gasteiger partial charge in [0.15, 0.2) is 0 Å². The van der Waals surface area contributed by atoms with Gasteiger partial charge in [0.25, 0.3) is 0 Å². The van der Waals surface area contributed by atoms with E-state index >= 15 is 0 Å². The Balaban J connectivity index is 0.000000165. The maximum absolute atomic E-state index is 8.58. The maximum Gasteiger partial charge on any atom is 0.488 e. The first kappa shape index (κ1) is 12.2. The van der Waals surface area contributed by atoms with Gasteiger partial charge in [-0.2, -0.15) is 0 Å². The van der Waals surface area contributed by atoms with Crippen molar-refractivity contribution in [2.45, 2.75) is 0 Å². The second-order valence-corrected chi connectivity index (χ2v) is 2.86. The van der Waals surface area contributed by atoms with Crippen LogP contribution in [0.15, 0.2) is 60.0 Å². The summed E-state index contributed by atoms with van der Waals surface area (Å²) in [6, 6.07) is 8.66. The van der Waals surface area contributed by atoms with Gasteiger partial charge >= 0.3 is 7.12 Å². The van der Waals surface area contributed by atoms with Gasteiger partial charge in [0, 0.05) is 0 Å². The minimum Gasteiger partial charge on any atom is -0.423 e. The van der Waals surface area contributed by atoms with Crippen molar-refractivity contribution in [3.05, 3.63) is 54.8 Å². The molecule has 0 atom stereocenters. The summed E-state index contributed by atoms with van der Waals surface area (Å²) >= 11 is 0. The zero-order chi connectivity index (χ0) is 11.6. The number of allylic oxidation sites excluding steroid dienone is 3. The standard InChI is InChI=1S/C6H7BO2.C5H5NO/c8-7(9)6-4-2-1-3-5-6;1-2-4-6-7-5-3-1/h1-5,8-9H;1-5H. The van der Waals surface area contributed by atoms with Crippen molar-refractivity contribution in [1.82, 2.24) is 0 Å². The van der Waals surface area contributed by atoms with Gasteiger partial charge in [-0.05, 0) is 17.6 Å². The SMILES string of the molecule is C1=CC=NOC=C1.OB(O)c1ccccc1. The Morgan fingerprint density at radius 1 is 1.00 bits per heavy atom. The Labute approximate surface area is 94.3 Å². The molecule has 0 saturated heterocycles. The van der Waals surface area contributed by atoms with Gasteiger partial charge < -0.3 is 14.9 Å². The molecule has 0 spiro atoms. The fraction of sp³-hybridized carbons (Fsp3) is 0. The van der Waals surface area contributed by atoms with E-state index in [0.717, 1.165) is 0 Å². The zero-order valence-corrected chi connectivity index (χ0v) is 8.60. The van der Waals surface area contributed by atoms with Crippen LogP contribution in [0.2, 0.25) is 0 Å². The van der Waals surface area contributed by atoms with Crippen LogP contribution in [0.1, 0.15) is 0 Å². The van der Waals surface area contributed by atoms with Crippen molar-refractivity contribution in [2.24, 2.45) is 5.16 Å². The van der Waals surface area contributed by atoms with Gasteiger partial charge in [-0.1, -0.05) is 41.6 Å². The lowest BCUT2D eigenvalue weighted by atomic mass is 9.81. The summed E-state index contributed by atoms with van der Waals surface area (Å²) in [5, 5.41) is 20.6. The van der Waals surface area contributed by atoms with Gasteiger partial charge in [0.2, 0.25) is 0 Å². The van der Waals surface area contributed by atoms with Gasteiger partial charge in [0.1, 0.15) is 6.26 Å². The Morgan fingerprint density at radius 3 is 2.38 bits per heavy atom. The fourth-order valence-corrected chi connectivity index (χ4v) is 0.925. The van der Waals surface area contributed by atoms with Gasteiger partial charge in [0.05, 0.1) is 6.21 Å². The van der Waals surface area contributed by atoms with E-state index in [1.807, 2.05) is 12.1 Å². The van der Waals surface area contributed by atoms with Gasteiger partial charge in [-0.3, -0.25) is 0 Å². The molecule has 0 aromatic heterocycles. The van der Waals surface area contributed by atoms with E-state index in [1.165, 1.54) is 6.26 Å². The van der Waals surface area contributed by atoms with Crippen LogP contribution in [0.4, 0.5) is 0 Å². The molecule has 1 aliphatic heterocycles. The highest BCUT2D eigenvalue weighted by atomic mass is 16.6. The molecule has 1 heterocycles. The lowest BCUT2D eigenvalue weighted by Gasteiger charge is -1.94. The normalized spacial score (nSPS) is 12.1. The number of benzene rings is 1. The number of hydrogen-bond donors (Lipinski definition) is 2. The van der Waals surface area contributed by atoms with Crippen molar-refractivity contribution in [1.29, 1.82) is 0 Å². The Bertz CT molecular complexity index is 360. The van der Waals surface area contributed by atoms with Crippen LogP contribution in [0, 0.1) is 0 Å². The van der Waals surface area contributed by atoms with Crippen molar-refractivity contribution in [2.75, 3.05) is 0 Å². The van der Waals surface area contributed by atoms with E-state index < -0.39 is 7.12 Å². The van der Waals surface area contributed by atoms with Crippen LogP contribution >= 0.6 is 0 Å². The second-order valence-electron chi connectivity index (χ2n) is 2.86. The molecule has 0 radical (unpaired) electrons. The predicted molar refractivity (Wildman–Crippen MR) is 64.1 cm³/mol. The first-order valence-electron chi connectivity index (χ1n) is 4.73. The largest absolute Gasteiger partial charge is 0.488 e. The first-order valence-corrected chi connectivity index (χ1v) is 4.73. The highest BCUT2D eigenvalue weighted by Gasteiger charge is 2.07. The maximum atomic E-state index is 8.58. The monoisotopic (exact) mass is 217 g/mol. The van der Waals surface area contributed by atoms with Gasteiger partial charge in [-0.15, -0.1) is 0 Å². The van der Waals surface area contributed by atoms with E-state index in [2.05, 4.69) is 9.99 Å². The van der Waals surface area contributed by atoms with Crippen molar-refractivity contribution in [3.8, 4) is 0 Å². The third-order valence-electron chi connectivity index (χ3n) is 1.67. The minimum atomic E-state index is -1.34. The van der Waals surface area contributed by atoms with E-state index in [9.17, 15) is 0 Å². The summed E-state index contributed by atoms with van der Waals surface area (Å²) in [6.07, 6.45) is 8.51. The average Bonchev–Trinajstić information content (AvgIpc) is 2.63. The average molecular weight is 217 g/mol. The number of oxime groups is 1. The predicted octanol–water partition coefficient (Wildman–Crippen LogP) is 0.439. The molecule has 0 unspecified atom stereocenters. The molecule has 0 fully saturated rings. The van der Waals surface area contributed by atoms with Crippen molar-refractivity contribution in [3.63, 3.8) is 0 Å². The molecular weight excluding hydrogens is 205 g/mol. The van der Waals surface area contributed by atoms with Crippen molar-refractivity contribution < 1.29 is 14.9 Å². The molecular formula is C11H12BNO3. The third-order valence-corrected chi connectivity index (χ3v) is 1.67. The highest BCUT2D eigenvalue weighted by Crippen LogP contribution is 1.84. The molecule has 0 amide bonds. The Kier molecular flexibility index (Phi) is 5.69.